The van der Waals surface area contributed by atoms with E-state index in [1.165, 1.54) is 4.90 Å². The molecule has 0 saturated carbocycles. The van der Waals surface area contributed by atoms with Crippen LogP contribution in [-0.4, -0.2) is 50.0 Å². The van der Waals surface area contributed by atoms with Crippen molar-refractivity contribution in [3.8, 4) is 11.5 Å². The number of carbonyl (C=O) groups excluding carboxylic acids is 2. The lowest BCUT2D eigenvalue weighted by Crippen LogP contribution is -2.29. The van der Waals surface area contributed by atoms with E-state index in [1.807, 2.05) is 74.4 Å². The van der Waals surface area contributed by atoms with Crippen LogP contribution in [0.5, 0.6) is 11.5 Å². The zero-order valence-corrected chi connectivity index (χ0v) is 21.1. The van der Waals surface area contributed by atoms with Gasteiger partial charge < -0.3 is 24.4 Å². The second-order valence-corrected chi connectivity index (χ2v) is 8.95. The van der Waals surface area contributed by atoms with Crippen LogP contribution in [0, 0.1) is 6.92 Å². The van der Waals surface area contributed by atoms with Gasteiger partial charge in [-0.25, -0.2) is 0 Å². The molecule has 7 nitrogen and oxygen atoms in total. The average molecular weight is 487 g/mol. The zero-order chi connectivity index (χ0) is 26.0. The topological polar surface area (TPSA) is 79.3 Å². The van der Waals surface area contributed by atoms with E-state index in [2.05, 4.69) is 0 Å². The van der Waals surface area contributed by atoms with Gasteiger partial charge in [-0.2, -0.15) is 0 Å². The number of hydrogen-bond donors (Lipinski definition) is 1. The third-order valence-corrected chi connectivity index (χ3v) is 6.45. The Morgan fingerprint density at radius 1 is 0.944 bits per heavy atom. The number of aliphatic hydroxyl groups excluding tert-OH is 1. The van der Waals surface area contributed by atoms with Gasteiger partial charge in [0, 0.05) is 31.9 Å². The van der Waals surface area contributed by atoms with Gasteiger partial charge in [0.05, 0.1) is 25.8 Å². The Morgan fingerprint density at radius 2 is 1.61 bits per heavy atom. The smallest absolute Gasteiger partial charge is 0.295 e. The molecule has 4 rings (SSSR count). The molecular weight excluding hydrogens is 456 g/mol. The summed E-state index contributed by atoms with van der Waals surface area (Å²) in [5.41, 5.74) is 3.88. The van der Waals surface area contributed by atoms with E-state index in [1.54, 1.807) is 32.4 Å². The minimum Gasteiger partial charge on any atom is -0.507 e. The number of hydrogen-bond acceptors (Lipinski definition) is 6. The molecule has 1 N–H and O–H groups in total. The van der Waals surface area contributed by atoms with Crippen LogP contribution >= 0.6 is 0 Å². The third kappa shape index (κ3) is 4.64. The number of anilines is 1. The van der Waals surface area contributed by atoms with Crippen LogP contribution < -0.4 is 14.4 Å². The molecule has 1 aliphatic rings. The number of rotatable bonds is 7. The molecule has 0 aromatic heterocycles. The van der Waals surface area contributed by atoms with Gasteiger partial charge in [-0.05, 0) is 66.1 Å². The normalized spacial score (nSPS) is 16.8. The second kappa shape index (κ2) is 10.2. The molecule has 3 aromatic rings. The quantitative estimate of drug-likeness (QED) is 0.296. The summed E-state index contributed by atoms with van der Waals surface area (Å²) in [6.07, 6.45) is 0. The van der Waals surface area contributed by atoms with Gasteiger partial charge in [0.15, 0.2) is 0 Å². The number of Topliss-reactive ketones (excluding diaryl/α,β-unsaturated/α-hetero) is 1. The van der Waals surface area contributed by atoms with Gasteiger partial charge in [-0.1, -0.05) is 24.3 Å². The highest BCUT2D eigenvalue weighted by Crippen LogP contribution is 2.41. The number of likely N-dealkylation sites (tertiary alicyclic amines) is 1. The van der Waals surface area contributed by atoms with Crippen molar-refractivity contribution in [1.29, 1.82) is 0 Å². The van der Waals surface area contributed by atoms with Crippen molar-refractivity contribution in [3.05, 3.63) is 94.6 Å². The summed E-state index contributed by atoms with van der Waals surface area (Å²) in [4.78, 5) is 30.1. The molecule has 3 aromatic carbocycles. The van der Waals surface area contributed by atoms with E-state index in [0.29, 0.717) is 17.1 Å². The molecule has 0 bridgehead atoms. The van der Waals surface area contributed by atoms with Gasteiger partial charge in [0.2, 0.25) is 0 Å². The molecule has 36 heavy (non-hydrogen) atoms. The van der Waals surface area contributed by atoms with E-state index in [4.69, 9.17) is 9.47 Å². The molecule has 7 heteroatoms. The summed E-state index contributed by atoms with van der Waals surface area (Å²) >= 11 is 0. The van der Waals surface area contributed by atoms with Crippen molar-refractivity contribution in [2.45, 2.75) is 19.5 Å². The summed E-state index contributed by atoms with van der Waals surface area (Å²) in [5.74, 6) is -0.206. The lowest BCUT2D eigenvalue weighted by molar-refractivity contribution is -0.140. The number of amides is 1. The molecule has 1 atom stereocenters. The minimum absolute atomic E-state index is 0.0654. The van der Waals surface area contributed by atoms with Gasteiger partial charge >= 0.3 is 0 Å². The van der Waals surface area contributed by atoms with Gasteiger partial charge in [0.25, 0.3) is 11.7 Å². The molecule has 0 radical (unpaired) electrons. The lowest BCUT2D eigenvalue weighted by Gasteiger charge is -2.26. The molecule has 1 saturated heterocycles. The van der Waals surface area contributed by atoms with Gasteiger partial charge in [-0.3, -0.25) is 9.59 Å². The molecule has 1 fully saturated rings. The Hall–Kier alpha value is -4.26. The summed E-state index contributed by atoms with van der Waals surface area (Å²) in [6, 6.07) is 19.4. The van der Waals surface area contributed by atoms with Crippen molar-refractivity contribution in [3.63, 3.8) is 0 Å². The van der Waals surface area contributed by atoms with Crippen molar-refractivity contribution in [2.24, 2.45) is 0 Å². The predicted molar refractivity (Wildman–Crippen MR) is 139 cm³/mol. The average Bonchev–Trinajstić information content (AvgIpc) is 3.13. The fourth-order valence-electron chi connectivity index (χ4n) is 4.45. The highest BCUT2D eigenvalue weighted by Gasteiger charge is 2.46. The lowest BCUT2D eigenvalue weighted by atomic mass is 9.94. The van der Waals surface area contributed by atoms with Crippen LogP contribution in [-0.2, 0) is 16.1 Å². The first-order valence-electron chi connectivity index (χ1n) is 11.6. The number of methoxy groups -OCH3 is 2. The number of nitrogens with zero attached hydrogens (tertiary/aromatic N) is 2. The maximum atomic E-state index is 13.3. The molecular formula is C29H30N2O5. The minimum atomic E-state index is -0.745. The highest BCUT2D eigenvalue weighted by molar-refractivity contribution is 6.46. The number of carbonyl (C=O) groups is 2. The van der Waals surface area contributed by atoms with Crippen LogP contribution in [0.1, 0.15) is 28.3 Å². The fourth-order valence-corrected chi connectivity index (χ4v) is 4.45. The van der Waals surface area contributed by atoms with Crippen LogP contribution in [0.3, 0.4) is 0 Å². The van der Waals surface area contributed by atoms with Crippen molar-refractivity contribution in [2.75, 3.05) is 33.2 Å². The maximum absolute atomic E-state index is 13.3. The van der Waals surface area contributed by atoms with Crippen molar-refractivity contribution >= 4 is 23.1 Å². The first kappa shape index (κ1) is 24.9. The molecule has 1 unspecified atom stereocenters. The van der Waals surface area contributed by atoms with Crippen LogP contribution in [0.15, 0.2) is 72.3 Å². The van der Waals surface area contributed by atoms with Crippen LogP contribution in [0.2, 0.25) is 0 Å². The van der Waals surface area contributed by atoms with Crippen LogP contribution in [0.4, 0.5) is 5.69 Å². The first-order valence-corrected chi connectivity index (χ1v) is 11.6. The molecule has 0 spiro atoms. The fraction of sp³-hybridized carbons (Fsp3) is 0.241. The molecule has 186 valence electrons. The summed E-state index contributed by atoms with van der Waals surface area (Å²) in [5, 5.41) is 11.3. The Morgan fingerprint density at radius 3 is 2.17 bits per heavy atom. The number of aryl methyl sites for hydroxylation is 1. The third-order valence-electron chi connectivity index (χ3n) is 6.45. The molecule has 1 amide bonds. The summed E-state index contributed by atoms with van der Waals surface area (Å²) < 4.78 is 10.6. The van der Waals surface area contributed by atoms with E-state index in [0.717, 1.165) is 22.4 Å². The Balaban J connectivity index is 1.83. The van der Waals surface area contributed by atoms with Crippen LogP contribution in [0.25, 0.3) is 5.76 Å². The zero-order valence-electron chi connectivity index (χ0n) is 21.1. The second-order valence-electron chi connectivity index (χ2n) is 8.95. The molecule has 1 aliphatic heterocycles. The van der Waals surface area contributed by atoms with Crippen molar-refractivity contribution < 1.29 is 24.2 Å². The number of ketones is 1. The molecule has 0 aliphatic carbocycles. The van der Waals surface area contributed by atoms with E-state index >= 15 is 0 Å². The Bertz CT molecular complexity index is 1310. The van der Waals surface area contributed by atoms with E-state index < -0.39 is 17.7 Å². The monoisotopic (exact) mass is 486 g/mol. The van der Waals surface area contributed by atoms with Crippen molar-refractivity contribution in [1.82, 2.24) is 4.90 Å². The molecule has 1 heterocycles. The Labute approximate surface area is 211 Å². The SMILES string of the molecule is COc1ccc(CN2C(=O)C(=O)/C(=C(\O)c3ccc(OC)c(C)c3)C2c2ccc(N(C)C)cc2)cc1. The van der Waals surface area contributed by atoms with Gasteiger partial charge in [0.1, 0.15) is 17.3 Å². The number of aliphatic hydroxyl groups is 1. The summed E-state index contributed by atoms with van der Waals surface area (Å²) in [6.45, 7) is 2.06. The maximum Gasteiger partial charge on any atom is 0.295 e. The van der Waals surface area contributed by atoms with Gasteiger partial charge in [-0.15, -0.1) is 0 Å². The number of ether oxygens (including phenoxy) is 2. The largest absolute Gasteiger partial charge is 0.507 e. The van der Waals surface area contributed by atoms with E-state index in [-0.39, 0.29) is 17.9 Å². The number of benzene rings is 3. The first-order chi connectivity index (χ1) is 17.2. The Kier molecular flexibility index (Phi) is 7.01. The van der Waals surface area contributed by atoms with E-state index in [9.17, 15) is 14.7 Å². The summed E-state index contributed by atoms with van der Waals surface area (Å²) in [7, 11) is 7.04. The highest BCUT2D eigenvalue weighted by atomic mass is 16.5. The standard InChI is InChI=1S/C29H30N2O5/c1-18-16-21(10-15-24(18)36-5)27(32)25-26(20-8-11-22(12-9-20)30(2)3)31(29(34)28(25)33)17-19-6-13-23(35-4)14-7-19/h6-16,26,32H,17H2,1-5H3/b27-25-. The predicted octanol–water partition coefficient (Wildman–Crippen LogP) is 4.70.